The molecule has 1 aliphatic rings. The Balaban J connectivity index is 2.48. The molecule has 8 nitrogen and oxygen atoms in total. The fourth-order valence-electron chi connectivity index (χ4n) is 1.32. The van der Waals surface area contributed by atoms with Crippen molar-refractivity contribution in [3.05, 3.63) is 0 Å². The molecule has 24 heavy (non-hydrogen) atoms. The number of hydrogen-bond acceptors (Lipinski definition) is 8. The highest BCUT2D eigenvalue weighted by Crippen LogP contribution is 2.50. The van der Waals surface area contributed by atoms with Gasteiger partial charge in [-0.1, -0.05) is 0 Å². The van der Waals surface area contributed by atoms with Crippen molar-refractivity contribution < 1.29 is 37.4 Å². The Morgan fingerprint density at radius 3 is 1.62 bits per heavy atom. The lowest BCUT2D eigenvalue weighted by Gasteiger charge is -2.21. The predicted molar refractivity (Wildman–Crippen MR) is 85.2 cm³/mol. The van der Waals surface area contributed by atoms with Gasteiger partial charge in [0.05, 0.1) is 29.7 Å². The second-order valence-corrected chi connectivity index (χ2v) is 9.71. The topological polar surface area (TPSA) is 101 Å². The Labute approximate surface area is 142 Å². The summed E-state index contributed by atoms with van der Waals surface area (Å²) in [5.41, 5.74) is -1.40. The first-order valence-corrected chi connectivity index (χ1v) is 9.40. The first kappa shape index (κ1) is 21.1. The molecule has 0 aromatic carbocycles. The van der Waals surface area contributed by atoms with Crippen LogP contribution in [-0.4, -0.2) is 44.4 Å². The quantitative estimate of drug-likeness (QED) is 0.280. The molecule has 1 aliphatic heterocycles. The van der Waals surface area contributed by atoms with E-state index in [9.17, 15) is 14.2 Å². The van der Waals surface area contributed by atoms with Gasteiger partial charge in [-0.3, -0.25) is 23.2 Å². The van der Waals surface area contributed by atoms with Gasteiger partial charge in [-0.25, -0.2) is 0 Å². The smallest absolute Gasteiger partial charge is 0.339 e. The van der Waals surface area contributed by atoms with Crippen LogP contribution in [0.25, 0.3) is 0 Å². The first-order valence-electron chi connectivity index (χ1n) is 7.68. The summed E-state index contributed by atoms with van der Waals surface area (Å²) in [6.45, 7) is 9.58. The Hall–Kier alpha value is -0.950. The normalized spacial score (nSPS) is 18.2. The molecule has 0 radical (unpaired) electrons. The Morgan fingerprint density at radius 1 is 0.958 bits per heavy atom. The van der Waals surface area contributed by atoms with E-state index < -0.39 is 44.0 Å². The van der Waals surface area contributed by atoms with Crippen molar-refractivity contribution >= 4 is 19.5 Å². The number of epoxide rings is 1. The van der Waals surface area contributed by atoms with Crippen molar-refractivity contribution in [3.63, 3.8) is 0 Å². The van der Waals surface area contributed by atoms with Gasteiger partial charge in [0.2, 0.25) is 13.6 Å². The molecule has 1 saturated heterocycles. The highest BCUT2D eigenvalue weighted by molar-refractivity contribution is 7.53. The van der Waals surface area contributed by atoms with E-state index >= 15 is 0 Å². The van der Waals surface area contributed by atoms with Crippen molar-refractivity contribution in [2.24, 2.45) is 10.8 Å². The molecule has 0 aromatic rings. The number of esters is 2. The van der Waals surface area contributed by atoms with Gasteiger partial charge in [0, 0.05) is 0 Å². The maximum Gasteiger partial charge on any atom is 0.339 e. The van der Waals surface area contributed by atoms with Crippen LogP contribution < -0.4 is 0 Å². The van der Waals surface area contributed by atoms with E-state index in [0.29, 0.717) is 6.61 Å². The van der Waals surface area contributed by atoms with Gasteiger partial charge in [-0.15, -0.1) is 0 Å². The lowest BCUT2D eigenvalue weighted by atomic mass is 9.98. The van der Waals surface area contributed by atoms with Crippen molar-refractivity contribution in [1.29, 1.82) is 0 Å². The fraction of sp³-hybridized carbons (Fsp3) is 0.867. The molecule has 9 heteroatoms. The molecule has 140 valence electrons. The molecule has 0 saturated carbocycles. The lowest BCUT2D eigenvalue weighted by Crippen LogP contribution is -2.25. The summed E-state index contributed by atoms with van der Waals surface area (Å²) in [6.07, 6.45) is -0.222. The van der Waals surface area contributed by atoms with Gasteiger partial charge in [0.1, 0.15) is 0 Å². The number of ether oxygens (including phenoxy) is 3. The summed E-state index contributed by atoms with van der Waals surface area (Å²) in [6, 6.07) is 0. The lowest BCUT2D eigenvalue weighted by molar-refractivity contribution is -0.162. The zero-order valence-electron chi connectivity index (χ0n) is 15.1. The van der Waals surface area contributed by atoms with Gasteiger partial charge in [-0.05, 0) is 41.5 Å². The Kier molecular flexibility index (Phi) is 6.99. The van der Waals surface area contributed by atoms with E-state index in [1.54, 1.807) is 41.5 Å². The van der Waals surface area contributed by atoms with Crippen LogP contribution in [-0.2, 0) is 37.4 Å². The van der Waals surface area contributed by atoms with Crippen LogP contribution in [0.5, 0.6) is 0 Å². The maximum absolute atomic E-state index is 12.6. The first-order chi connectivity index (χ1) is 10.8. The van der Waals surface area contributed by atoms with E-state index in [-0.39, 0.29) is 12.3 Å². The van der Waals surface area contributed by atoms with Crippen molar-refractivity contribution in [1.82, 2.24) is 0 Å². The van der Waals surface area contributed by atoms with Gasteiger partial charge in [0.25, 0.3) is 0 Å². The van der Waals surface area contributed by atoms with Gasteiger partial charge < -0.3 is 14.2 Å². The molecule has 1 heterocycles. The molecular weight excluding hydrogens is 339 g/mol. The molecule has 0 aromatic heterocycles. The standard InChI is InChI=1S/C15H27O8P/c1-14(2,3)12(16)20-9-22-24(18,8-11-7-19-11)23-10-21-13(17)15(4,5)6/h11H,7-10H2,1-6H3. The van der Waals surface area contributed by atoms with Gasteiger partial charge in [-0.2, -0.15) is 0 Å². The maximum atomic E-state index is 12.6. The molecule has 0 bridgehead atoms. The fourth-order valence-corrected chi connectivity index (χ4v) is 2.74. The SMILES string of the molecule is CC(C)(C)C(=O)OCOP(=O)(CC1CO1)OCOC(=O)C(C)(C)C. The molecule has 0 spiro atoms. The second-order valence-electron chi connectivity index (χ2n) is 7.61. The third-order valence-electron chi connectivity index (χ3n) is 2.93. The zero-order valence-corrected chi connectivity index (χ0v) is 16.0. The third-order valence-corrected chi connectivity index (χ3v) is 4.79. The molecule has 0 aliphatic carbocycles. The van der Waals surface area contributed by atoms with E-state index in [0.717, 1.165) is 0 Å². The number of rotatable bonds is 8. The summed E-state index contributed by atoms with van der Waals surface area (Å²) in [5, 5.41) is 0. The van der Waals surface area contributed by atoms with Crippen LogP contribution in [0.15, 0.2) is 0 Å². The van der Waals surface area contributed by atoms with Crippen LogP contribution >= 0.6 is 7.60 Å². The number of hydrogen-bond donors (Lipinski definition) is 0. The highest BCUT2D eigenvalue weighted by Gasteiger charge is 2.37. The van der Waals surface area contributed by atoms with E-state index in [1.165, 1.54) is 0 Å². The van der Waals surface area contributed by atoms with Gasteiger partial charge in [0.15, 0.2) is 0 Å². The minimum atomic E-state index is -3.61. The van der Waals surface area contributed by atoms with Crippen LogP contribution in [0.3, 0.4) is 0 Å². The summed E-state index contributed by atoms with van der Waals surface area (Å²) >= 11 is 0. The summed E-state index contributed by atoms with van der Waals surface area (Å²) < 4.78 is 37.8. The Morgan fingerprint density at radius 2 is 1.33 bits per heavy atom. The molecule has 1 unspecified atom stereocenters. The summed E-state index contributed by atoms with van der Waals surface area (Å²) in [4.78, 5) is 23.3. The average Bonchev–Trinajstić information content (AvgIpc) is 3.19. The molecule has 1 atom stereocenters. The second kappa shape index (κ2) is 7.95. The summed E-state index contributed by atoms with van der Waals surface area (Å²) in [7, 11) is -3.61. The predicted octanol–water partition coefficient (Wildman–Crippen LogP) is 2.71. The highest BCUT2D eigenvalue weighted by atomic mass is 31.2. The largest absolute Gasteiger partial charge is 0.438 e. The average molecular weight is 366 g/mol. The molecule has 0 amide bonds. The minimum absolute atomic E-state index is 0.00708. The van der Waals surface area contributed by atoms with Crippen molar-refractivity contribution in [2.75, 3.05) is 26.4 Å². The van der Waals surface area contributed by atoms with Crippen molar-refractivity contribution in [2.45, 2.75) is 47.6 Å². The zero-order chi connectivity index (χ0) is 18.6. The Bertz CT molecular complexity index is 463. The van der Waals surface area contributed by atoms with Crippen molar-refractivity contribution in [3.8, 4) is 0 Å². The van der Waals surface area contributed by atoms with E-state index in [4.69, 9.17) is 23.3 Å². The van der Waals surface area contributed by atoms with Crippen LogP contribution in [0.1, 0.15) is 41.5 Å². The van der Waals surface area contributed by atoms with Gasteiger partial charge >= 0.3 is 19.5 Å². The monoisotopic (exact) mass is 366 g/mol. The van der Waals surface area contributed by atoms with Crippen LogP contribution in [0, 0.1) is 10.8 Å². The third kappa shape index (κ3) is 7.75. The van der Waals surface area contributed by atoms with E-state index in [1.807, 2.05) is 0 Å². The van der Waals surface area contributed by atoms with Crippen LogP contribution in [0.4, 0.5) is 0 Å². The molecule has 1 fully saturated rings. The molecule has 1 rings (SSSR count). The minimum Gasteiger partial charge on any atom is -0.438 e. The van der Waals surface area contributed by atoms with E-state index in [2.05, 4.69) is 0 Å². The number of carbonyl (C=O) groups excluding carboxylic acids is 2. The number of carbonyl (C=O) groups is 2. The van der Waals surface area contributed by atoms with Crippen LogP contribution in [0.2, 0.25) is 0 Å². The summed E-state index contributed by atoms with van der Waals surface area (Å²) in [5.74, 6) is -0.980. The molecular formula is C15H27O8P. The molecule has 0 N–H and O–H groups in total.